The van der Waals surface area contributed by atoms with Gasteiger partial charge >= 0.3 is 0 Å². The first-order valence-electron chi connectivity index (χ1n) is 3.36. The Kier molecular flexibility index (Phi) is 9.44. The summed E-state index contributed by atoms with van der Waals surface area (Å²) in [6.45, 7) is 12.6. The highest BCUT2D eigenvalue weighted by atomic mass is 16.3. The third kappa shape index (κ3) is 7.02. The molecule has 0 saturated carbocycles. The molecule has 1 nitrogen and oxygen atoms in total. The van der Waals surface area contributed by atoms with Gasteiger partial charge < -0.3 is 5.11 Å². The van der Waals surface area contributed by atoms with Crippen molar-refractivity contribution in [1.29, 1.82) is 0 Å². The molecule has 0 unspecified atom stereocenters. The molecule has 0 aliphatic carbocycles. The van der Waals surface area contributed by atoms with Crippen molar-refractivity contribution in [3.8, 4) is 0 Å². The van der Waals surface area contributed by atoms with Crippen LogP contribution in [0.2, 0.25) is 0 Å². The second-order valence-corrected chi connectivity index (χ2v) is 1.57. The van der Waals surface area contributed by atoms with Gasteiger partial charge in [0.25, 0.3) is 0 Å². The predicted molar refractivity (Wildman–Crippen MR) is 47.1 cm³/mol. The summed E-state index contributed by atoms with van der Waals surface area (Å²) in [7, 11) is 0. The second kappa shape index (κ2) is 8.02. The van der Waals surface area contributed by atoms with Crippen LogP contribution in [0.15, 0.2) is 36.6 Å². The summed E-state index contributed by atoms with van der Waals surface area (Å²) in [5, 5.41) is 8.82. The fraction of sp³-hybridized carbons (Fsp3) is 0.333. The fourth-order valence-electron chi connectivity index (χ4n) is 0.254. The predicted octanol–water partition coefficient (Wildman–Crippen LogP) is 3.22. The molecule has 1 N–H and O–H groups in total. The maximum Gasteiger partial charge on any atom is 0.117 e. The van der Waals surface area contributed by atoms with Crippen molar-refractivity contribution in [2.45, 2.75) is 20.8 Å². The van der Waals surface area contributed by atoms with Crippen LogP contribution in [0.5, 0.6) is 0 Å². The van der Waals surface area contributed by atoms with Crippen LogP contribution in [0.1, 0.15) is 20.8 Å². The molecular formula is C9H16O. The monoisotopic (exact) mass is 140 g/mol. The minimum Gasteiger partial charge on any atom is -0.508 e. The molecule has 0 heterocycles. The molecule has 0 atom stereocenters. The molecule has 0 saturated heterocycles. The van der Waals surface area contributed by atoms with Gasteiger partial charge in [-0.25, -0.2) is 0 Å². The van der Waals surface area contributed by atoms with Gasteiger partial charge in [0.15, 0.2) is 0 Å². The first-order valence-corrected chi connectivity index (χ1v) is 3.36. The zero-order chi connectivity index (χ0) is 8.57. The van der Waals surface area contributed by atoms with E-state index in [-0.39, 0.29) is 5.76 Å². The van der Waals surface area contributed by atoms with Gasteiger partial charge in [-0.3, -0.25) is 0 Å². The fourth-order valence-corrected chi connectivity index (χ4v) is 0.254. The molecule has 0 bridgehead atoms. The smallest absolute Gasteiger partial charge is 0.117 e. The van der Waals surface area contributed by atoms with Crippen molar-refractivity contribution in [2.75, 3.05) is 0 Å². The van der Waals surface area contributed by atoms with Crippen molar-refractivity contribution >= 4 is 0 Å². The largest absolute Gasteiger partial charge is 0.508 e. The van der Waals surface area contributed by atoms with Crippen LogP contribution in [0.4, 0.5) is 0 Å². The van der Waals surface area contributed by atoms with Crippen LogP contribution in [0.25, 0.3) is 0 Å². The molecule has 0 rings (SSSR count). The summed E-state index contributed by atoms with van der Waals surface area (Å²) in [4.78, 5) is 0. The lowest BCUT2D eigenvalue weighted by Gasteiger charge is -1.91. The number of hydrogen-bond donors (Lipinski definition) is 1. The highest BCUT2D eigenvalue weighted by Crippen LogP contribution is 1.99. The zero-order valence-electron chi connectivity index (χ0n) is 7.02. The molecule has 0 radical (unpaired) electrons. The van der Waals surface area contributed by atoms with Gasteiger partial charge in [-0.05, 0) is 18.6 Å². The molecule has 10 heavy (non-hydrogen) atoms. The van der Waals surface area contributed by atoms with E-state index in [1.54, 1.807) is 6.92 Å². The topological polar surface area (TPSA) is 20.2 Å². The normalized spacial score (nSPS) is 9.30. The third-order valence-electron chi connectivity index (χ3n) is 0.713. The summed E-state index contributed by atoms with van der Waals surface area (Å²) in [5.41, 5.74) is 0.657. The number of hydrogen-bond acceptors (Lipinski definition) is 1. The number of aliphatic hydroxyl groups excluding tert-OH is 1. The van der Waals surface area contributed by atoms with E-state index in [1.807, 2.05) is 13.8 Å². The van der Waals surface area contributed by atoms with E-state index in [0.717, 1.165) is 0 Å². The zero-order valence-corrected chi connectivity index (χ0v) is 7.02. The average molecular weight is 140 g/mol. The van der Waals surface area contributed by atoms with Gasteiger partial charge in [0.05, 0.1) is 0 Å². The van der Waals surface area contributed by atoms with Crippen molar-refractivity contribution in [1.82, 2.24) is 0 Å². The highest BCUT2D eigenvalue weighted by molar-refractivity contribution is 5.22. The van der Waals surface area contributed by atoms with Gasteiger partial charge in [0, 0.05) is 0 Å². The maximum atomic E-state index is 8.82. The van der Waals surface area contributed by atoms with E-state index in [0.29, 0.717) is 5.57 Å². The van der Waals surface area contributed by atoms with E-state index in [1.165, 1.54) is 12.2 Å². The van der Waals surface area contributed by atoms with Crippen LogP contribution in [0.3, 0.4) is 0 Å². The summed E-state index contributed by atoms with van der Waals surface area (Å²) in [6, 6.07) is 0. The lowest BCUT2D eigenvalue weighted by Crippen LogP contribution is -1.77. The van der Waals surface area contributed by atoms with Gasteiger partial charge in [-0.15, -0.1) is 0 Å². The molecule has 58 valence electrons. The van der Waals surface area contributed by atoms with Gasteiger partial charge in [-0.1, -0.05) is 33.1 Å². The molecule has 0 aliphatic heterocycles. The van der Waals surface area contributed by atoms with Gasteiger partial charge in [0.1, 0.15) is 5.76 Å². The lowest BCUT2D eigenvalue weighted by atomic mass is 10.3. The van der Waals surface area contributed by atoms with E-state index >= 15 is 0 Å². The molecule has 1 heteroatoms. The number of allylic oxidation sites excluding steroid dienone is 3. The summed E-state index contributed by atoms with van der Waals surface area (Å²) >= 11 is 0. The second-order valence-electron chi connectivity index (χ2n) is 1.57. The standard InChI is InChI=1S/C7H10O.C2H6/c1-4-5-7(8)6(2)3;1-2/h4-5,8H,1-2H2,3H3;1-2H3/b7-5+;. The molecular weight excluding hydrogens is 124 g/mol. The van der Waals surface area contributed by atoms with Crippen molar-refractivity contribution < 1.29 is 5.11 Å². The van der Waals surface area contributed by atoms with Crippen LogP contribution in [0, 0.1) is 0 Å². The van der Waals surface area contributed by atoms with Crippen LogP contribution >= 0.6 is 0 Å². The molecule has 0 spiro atoms. The van der Waals surface area contributed by atoms with E-state index in [4.69, 9.17) is 5.11 Å². The van der Waals surface area contributed by atoms with Crippen LogP contribution in [-0.2, 0) is 0 Å². The lowest BCUT2D eigenvalue weighted by molar-refractivity contribution is 0.424. The minimum absolute atomic E-state index is 0.194. The molecule has 0 aromatic rings. The van der Waals surface area contributed by atoms with E-state index in [9.17, 15) is 0 Å². The molecule has 0 aromatic carbocycles. The van der Waals surface area contributed by atoms with E-state index < -0.39 is 0 Å². The molecule has 0 aromatic heterocycles. The molecule has 0 aliphatic rings. The molecule has 0 amide bonds. The Balaban J connectivity index is 0. The average Bonchev–Trinajstić information content (AvgIpc) is 1.93. The Bertz CT molecular complexity index is 132. The Labute approximate surface area is 63.4 Å². The Hall–Kier alpha value is -0.980. The highest BCUT2D eigenvalue weighted by Gasteiger charge is 1.86. The SMILES string of the molecule is C=C/C=C(/O)C(=C)C.CC. The first kappa shape index (κ1) is 11.8. The minimum atomic E-state index is 0.194. The maximum absolute atomic E-state index is 8.82. The first-order chi connectivity index (χ1) is 4.68. The van der Waals surface area contributed by atoms with Crippen molar-refractivity contribution in [2.24, 2.45) is 0 Å². The summed E-state index contributed by atoms with van der Waals surface area (Å²) in [5.74, 6) is 0.194. The van der Waals surface area contributed by atoms with Gasteiger partial charge in [0.2, 0.25) is 0 Å². The van der Waals surface area contributed by atoms with Crippen LogP contribution in [-0.4, -0.2) is 5.11 Å². The Morgan fingerprint density at radius 1 is 1.40 bits per heavy atom. The van der Waals surface area contributed by atoms with E-state index in [2.05, 4.69) is 13.2 Å². The molecule has 0 fully saturated rings. The number of rotatable bonds is 2. The van der Waals surface area contributed by atoms with Crippen molar-refractivity contribution in [3.05, 3.63) is 36.6 Å². The number of aliphatic hydroxyl groups is 1. The van der Waals surface area contributed by atoms with Gasteiger partial charge in [-0.2, -0.15) is 0 Å². The summed E-state index contributed by atoms with van der Waals surface area (Å²) in [6.07, 6.45) is 3.02. The Morgan fingerprint density at radius 2 is 1.80 bits per heavy atom. The third-order valence-corrected chi connectivity index (χ3v) is 0.713. The quantitative estimate of drug-likeness (QED) is 0.461. The van der Waals surface area contributed by atoms with Crippen molar-refractivity contribution in [3.63, 3.8) is 0 Å². The Morgan fingerprint density at radius 3 is 1.90 bits per heavy atom. The van der Waals surface area contributed by atoms with Crippen LogP contribution < -0.4 is 0 Å². The summed E-state index contributed by atoms with van der Waals surface area (Å²) < 4.78 is 0.